The number of fused-ring (bicyclic) bond motifs is 7. The third kappa shape index (κ3) is 5.51. The van der Waals surface area contributed by atoms with Crippen LogP contribution in [-0.4, -0.2) is 0 Å². The lowest BCUT2D eigenvalue weighted by Crippen LogP contribution is -2.11. The molecule has 0 spiro atoms. The Labute approximate surface area is 327 Å². The van der Waals surface area contributed by atoms with E-state index in [1.54, 1.807) is 0 Å². The summed E-state index contributed by atoms with van der Waals surface area (Å²) in [6.45, 7) is 0. The summed E-state index contributed by atoms with van der Waals surface area (Å²) in [6, 6.07) is 73.5. The lowest BCUT2D eigenvalue weighted by molar-refractivity contribution is 1.28. The zero-order valence-corrected chi connectivity index (χ0v) is 31.4. The highest BCUT2D eigenvalue weighted by molar-refractivity contribution is 7.26. The van der Waals surface area contributed by atoms with Crippen LogP contribution in [0.3, 0.4) is 0 Å². The second-order valence-electron chi connectivity index (χ2n) is 14.1. The van der Waals surface area contributed by atoms with E-state index in [0.29, 0.717) is 0 Å². The van der Waals surface area contributed by atoms with E-state index < -0.39 is 0 Å². The van der Waals surface area contributed by atoms with E-state index in [1.807, 2.05) is 22.7 Å². The molecule has 2 aromatic heterocycles. The van der Waals surface area contributed by atoms with Crippen LogP contribution < -0.4 is 4.90 Å². The summed E-state index contributed by atoms with van der Waals surface area (Å²) < 4.78 is 5.29. The molecule has 0 aliphatic carbocycles. The molecular formula is C52H33NS2. The number of rotatable bonds is 6. The standard InChI is InChI=1S/C52H33NS2/c1-2-12-36-31-39(24-23-34(36)11-1)42-15-3-6-20-48(42)53(40-28-25-35(26-29-40)37-27-30-46-44-16-4-7-21-49(44)54-51(46)33-37)41-14-9-13-38(32-41)43-18-10-19-47-45-17-5-8-22-50(45)55-52(43)47/h1-33H. The number of nitrogens with zero attached hydrogens (tertiary/aromatic N) is 1. The Morgan fingerprint density at radius 3 is 1.80 bits per heavy atom. The van der Waals surface area contributed by atoms with Crippen molar-refractivity contribution in [3.8, 4) is 33.4 Å². The highest BCUT2D eigenvalue weighted by Crippen LogP contribution is 2.45. The monoisotopic (exact) mass is 735 g/mol. The first-order valence-corrected chi connectivity index (χ1v) is 20.3. The van der Waals surface area contributed by atoms with Crippen LogP contribution in [0.25, 0.3) is 84.5 Å². The first-order valence-electron chi connectivity index (χ1n) is 18.7. The fourth-order valence-corrected chi connectivity index (χ4v) is 10.6. The van der Waals surface area contributed by atoms with Gasteiger partial charge in [-0.05, 0) is 93.2 Å². The minimum absolute atomic E-state index is 1.11. The first-order chi connectivity index (χ1) is 27.2. The molecule has 0 saturated heterocycles. The van der Waals surface area contributed by atoms with Gasteiger partial charge in [-0.25, -0.2) is 0 Å². The van der Waals surface area contributed by atoms with Crippen molar-refractivity contribution in [1.82, 2.24) is 0 Å². The van der Waals surface area contributed by atoms with Crippen LogP contribution in [0.1, 0.15) is 0 Å². The van der Waals surface area contributed by atoms with Crippen LogP contribution in [-0.2, 0) is 0 Å². The van der Waals surface area contributed by atoms with Crippen molar-refractivity contribution in [2.45, 2.75) is 0 Å². The maximum absolute atomic E-state index is 2.43. The number of benzene rings is 9. The van der Waals surface area contributed by atoms with Crippen molar-refractivity contribution in [2.75, 3.05) is 4.90 Å². The van der Waals surface area contributed by atoms with E-state index in [-0.39, 0.29) is 0 Å². The van der Waals surface area contributed by atoms with Crippen molar-refractivity contribution in [2.24, 2.45) is 0 Å². The van der Waals surface area contributed by atoms with Crippen molar-refractivity contribution in [3.63, 3.8) is 0 Å². The molecule has 0 atom stereocenters. The minimum Gasteiger partial charge on any atom is -0.310 e. The summed E-state index contributed by atoms with van der Waals surface area (Å²) >= 11 is 3.75. The van der Waals surface area contributed by atoms with Gasteiger partial charge in [0, 0.05) is 57.3 Å². The van der Waals surface area contributed by atoms with Crippen LogP contribution in [0.5, 0.6) is 0 Å². The molecule has 11 rings (SSSR count). The summed E-state index contributed by atoms with van der Waals surface area (Å²) in [5, 5.41) is 7.76. The van der Waals surface area contributed by atoms with Gasteiger partial charge in [0.2, 0.25) is 0 Å². The number of para-hydroxylation sites is 1. The second kappa shape index (κ2) is 13.1. The zero-order chi connectivity index (χ0) is 36.3. The molecule has 2 heterocycles. The number of hydrogen-bond acceptors (Lipinski definition) is 3. The van der Waals surface area contributed by atoms with Gasteiger partial charge in [-0.2, -0.15) is 0 Å². The maximum atomic E-state index is 2.43. The van der Waals surface area contributed by atoms with Crippen LogP contribution in [0.15, 0.2) is 200 Å². The van der Waals surface area contributed by atoms with Gasteiger partial charge < -0.3 is 4.90 Å². The van der Waals surface area contributed by atoms with Gasteiger partial charge in [0.1, 0.15) is 0 Å². The molecule has 0 amide bonds. The van der Waals surface area contributed by atoms with Gasteiger partial charge in [0.25, 0.3) is 0 Å². The predicted molar refractivity (Wildman–Crippen MR) is 241 cm³/mol. The molecule has 9 aromatic carbocycles. The number of hydrogen-bond donors (Lipinski definition) is 0. The fraction of sp³-hybridized carbons (Fsp3) is 0. The van der Waals surface area contributed by atoms with Gasteiger partial charge in [-0.3, -0.25) is 0 Å². The van der Waals surface area contributed by atoms with Gasteiger partial charge in [-0.15, -0.1) is 22.7 Å². The van der Waals surface area contributed by atoms with Gasteiger partial charge in [-0.1, -0.05) is 146 Å². The molecule has 0 unspecified atom stereocenters. The van der Waals surface area contributed by atoms with Crippen molar-refractivity contribution < 1.29 is 0 Å². The van der Waals surface area contributed by atoms with Gasteiger partial charge in [0.05, 0.1) is 5.69 Å². The van der Waals surface area contributed by atoms with Crippen molar-refractivity contribution in [1.29, 1.82) is 0 Å². The van der Waals surface area contributed by atoms with Crippen LogP contribution in [0.2, 0.25) is 0 Å². The first kappa shape index (κ1) is 32.0. The predicted octanol–water partition coefficient (Wildman–Crippen LogP) is 16.0. The summed E-state index contributed by atoms with van der Waals surface area (Å²) in [7, 11) is 0. The van der Waals surface area contributed by atoms with Crippen LogP contribution >= 0.6 is 22.7 Å². The van der Waals surface area contributed by atoms with Crippen molar-refractivity contribution >= 4 is 90.9 Å². The molecule has 0 aliphatic rings. The average Bonchev–Trinajstić information content (AvgIpc) is 3.82. The SMILES string of the molecule is c1cc(-c2cccc3c2sc2ccccc23)cc(N(c2ccc(-c3ccc4c(c3)sc3ccccc34)cc2)c2ccccc2-c2ccc3ccccc3c2)c1. The molecule has 0 fully saturated rings. The molecule has 1 nitrogen and oxygen atoms in total. The topological polar surface area (TPSA) is 3.24 Å². The van der Waals surface area contributed by atoms with E-state index in [0.717, 1.165) is 17.1 Å². The smallest absolute Gasteiger partial charge is 0.0540 e. The Morgan fingerprint density at radius 2 is 0.927 bits per heavy atom. The number of thiophene rings is 2. The Balaban J connectivity index is 1.06. The lowest BCUT2D eigenvalue weighted by Gasteiger charge is -2.28. The Hall–Kier alpha value is -6.52. The quantitative estimate of drug-likeness (QED) is 0.164. The van der Waals surface area contributed by atoms with E-state index in [4.69, 9.17) is 0 Å². The highest BCUT2D eigenvalue weighted by atomic mass is 32.1. The normalized spacial score (nSPS) is 11.6. The van der Waals surface area contributed by atoms with Crippen molar-refractivity contribution in [3.05, 3.63) is 200 Å². The van der Waals surface area contributed by atoms with E-state index in [1.165, 1.54) is 84.5 Å². The molecule has 0 saturated carbocycles. The summed E-state index contributed by atoms with van der Waals surface area (Å²) in [5.41, 5.74) is 10.6. The molecular weight excluding hydrogens is 703 g/mol. The molecule has 55 heavy (non-hydrogen) atoms. The molecule has 0 aliphatic heterocycles. The second-order valence-corrected chi connectivity index (χ2v) is 16.2. The van der Waals surface area contributed by atoms with E-state index >= 15 is 0 Å². The van der Waals surface area contributed by atoms with Crippen LogP contribution in [0.4, 0.5) is 17.1 Å². The summed E-state index contributed by atoms with van der Waals surface area (Å²) in [6.07, 6.45) is 0. The van der Waals surface area contributed by atoms with E-state index in [2.05, 4.69) is 205 Å². The average molecular weight is 736 g/mol. The molecule has 258 valence electrons. The molecule has 0 radical (unpaired) electrons. The Bertz CT molecular complexity index is 3220. The third-order valence-electron chi connectivity index (χ3n) is 10.9. The maximum Gasteiger partial charge on any atom is 0.0540 e. The fourth-order valence-electron chi connectivity index (χ4n) is 8.19. The lowest BCUT2D eigenvalue weighted by atomic mass is 9.97. The molecule has 0 bridgehead atoms. The zero-order valence-electron chi connectivity index (χ0n) is 29.8. The number of anilines is 3. The largest absolute Gasteiger partial charge is 0.310 e. The van der Waals surface area contributed by atoms with Gasteiger partial charge in [0.15, 0.2) is 0 Å². The van der Waals surface area contributed by atoms with Crippen LogP contribution in [0, 0.1) is 0 Å². The Kier molecular flexibility index (Phi) is 7.61. The Morgan fingerprint density at radius 1 is 0.309 bits per heavy atom. The molecule has 0 N–H and O–H groups in total. The molecule has 3 heteroatoms. The van der Waals surface area contributed by atoms with E-state index in [9.17, 15) is 0 Å². The minimum atomic E-state index is 1.11. The highest BCUT2D eigenvalue weighted by Gasteiger charge is 2.19. The molecule has 11 aromatic rings. The van der Waals surface area contributed by atoms with Gasteiger partial charge >= 0.3 is 0 Å². The summed E-state index contributed by atoms with van der Waals surface area (Å²) in [5.74, 6) is 0. The summed E-state index contributed by atoms with van der Waals surface area (Å²) in [4.78, 5) is 2.43. The third-order valence-corrected chi connectivity index (χ3v) is 13.2.